The average Bonchev–Trinajstić information content (AvgIpc) is 2.94. The highest BCUT2D eigenvalue weighted by Gasteiger charge is 2.12. The fraction of sp³-hybridized carbons (Fsp3) is 0.214. The lowest BCUT2D eigenvalue weighted by Gasteiger charge is -2.03. The number of benzene rings is 1. The zero-order valence-electron chi connectivity index (χ0n) is 11.3. The van der Waals surface area contributed by atoms with Crippen LogP contribution in [0.4, 0.5) is 5.95 Å². The summed E-state index contributed by atoms with van der Waals surface area (Å²) >= 11 is 0. The second kappa shape index (κ2) is 4.38. The summed E-state index contributed by atoms with van der Waals surface area (Å²) in [6, 6.07) is 6.08. The van der Waals surface area contributed by atoms with Gasteiger partial charge in [0.25, 0.3) is 0 Å². The van der Waals surface area contributed by atoms with Gasteiger partial charge in [-0.2, -0.15) is 10.4 Å². The van der Waals surface area contributed by atoms with Crippen molar-refractivity contribution in [1.29, 1.82) is 5.26 Å². The molecule has 3 rings (SSSR count). The number of rotatable bonds is 2. The number of hydrogen-bond donors (Lipinski definition) is 1. The van der Waals surface area contributed by atoms with Crippen LogP contribution in [-0.4, -0.2) is 19.3 Å². The number of nitrogens with two attached hydrogens (primary N) is 1. The maximum absolute atomic E-state index is 9.32. The van der Waals surface area contributed by atoms with E-state index in [1.807, 2.05) is 38.6 Å². The summed E-state index contributed by atoms with van der Waals surface area (Å²) in [4.78, 5) is 4.30. The number of aromatic nitrogens is 4. The second-order valence-corrected chi connectivity index (χ2v) is 4.85. The molecule has 3 aromatic rings. The molecule has 0 aliphatic heterocycles. The first-order chi connectivity index (χ1) is 9.58. The van der Waals surface area contributed by atoms with Gasteiger partial charge in [0.15, 0.2) is 0 Å². The molecule has 0 aliphatic rings. The quantitative estimate of drug-likeness (QED) is 0.758. The summed E-state index contributed by atoms with van der Waals surface area (Å²) < 4.78 is 3.50. The largest absolute Gasteiger partial charge is 0.369 e. The first-order valence-corrected chi connectivity index (χ1v) is 6.21. The Balaban J connectivity index is 2.11. The van der Waals surface area contributed by atoms with Crippen LogP contribution in [0.1, 0.15) is 16.7 Å². The van der Waals surface area contributed by atoms with Crippen LogP contribution < -0.4 is 5.73 Å². The molecule has 6 heteroatoms. The fourth-order valence-electron chi connectivity index (χ4n) is 2.41. The zero-order valence-corrected chi connectivity index (χ0v) is 11.3. The van der Waals surface area contributed by atoms with Gasteiger partial charge in [-0.15, -0.1) is 0 Å². The third-order valence-electron chi connectivity index (χ3n) is 3.35. The van der Waals surface area contributed by atoms with Gasteiger partial charge < -0.3 is 10.3 Å². The Hall–Kier alpha value is -2.81. The Labute approximate surface area is 116 Å². The molecule has 2 aromatic heterocycles. The zero-order chi connectivity index (χ0) is 14.3. The number of hydrogen-bond acceptors (Lipinski definition) is 4. The lowest BCUT2D eigenvalue weighted by molar-refractivity contribution is 0.767. The molecule has 0 fully saturated rings. The van der Waals surface area contributed by atoms with E-state index in [1.165, 1.54) is 0 Å². The molecule has 2 N–H and O–H groups in total. The molecule has 2 heterocycles. The normalized spacial score (nSPS) is 10.8. The first-order valence-electron chi connectivity index (χ1n) is 6.21. The SMILES string of the molecule is Cn1cc(Cc2cc(C#N)c3c(c2)nc(N)n3C)cn1. The fourth-order valence-corrected chi connectivity index (χ4v) is 2.41. The van der Waals surface area contributed by atoms with Crippen molar-refractivity contribution in [3.8, 4) is 6.07 Å². The highest BCUT2D eigenvalue weighted by atomic mass is 15.2. The number of fused-ring (bicyclic) bond motifs is 1. The molecule has 0 spiro atoms. The number of imidazole rings is 1. The molecule has 0 saturated carbocycles. The molecule has 0 atom stereocenters. The van der Waals surface area contributed by atoms with Gasteiger partial charge in [0.1, 0.15) is 6.07 Å². The Morgan fingerprint density at radius 2 is 2.10 bits per heavy atom. The van der Waals surface area contributed by atoms with Crippen molar-refractivity contribution in [2.75, 3.05) is 5.73 Å². The third kappa shape index (κ3) is 1.89. The molecule has 0 radical (unpaired) electrons. The molecule has 0 aliphatic carbocycles. The molecule has 0 amide bonds. The molecular formula is C14H14N6. The van der Waals surface area contributed by atoms with E-state index in [2.05, 4.69) is 16.2 Å². The number of nitriles is 1. The van der Waals surface area contributed by atoms with Crippen LogP contribution in [0.3, 0.4) is 0 Å². The molecule has 6 nitrogen and oxygen atoms in total. The molecule has 0 unspecified atom stereocenters. The average molecular weight is 266 g/mol. The number of nitrogens with zero attached hydrogens (tertiary/aromatic N) is 5. The lowest BCUT2D eigenvalue weighted by atomic mass is 10.0. The van der Waals surface area contributed by atoms with Crippen LogP contribution in [0.5, 0.6) is 0 Å². The van der Waals surface area contributed by atoms with Crippen LogP contribution in [0.2, 0.25) is 0 Å². The highest BCUT2D eigenvalue weighted by molar-refractivity contribution is 5.85. The summed E-state index contributed by atoms with van der Waals surface area (Å²) in [6.07, 6.45) is 4.50. The molecule has 20 heavy (non-hydrogen) atoms. The molecule has 100 valence electrons. The van der Waals surface area contributed by atoms with Crippen molar-refractivity contribution in [3.63, 3.8) is 0 Å². The van der Waals surface area contributed by atoms with Crippen molar-refractivity contribution < 1.29 is 0 Å². The van der Waals surface area contributed by atoms with Gasteiger partial charge in [-0.3, -0.25) is 4.68 Å². The third-order valence-corrected chi connectivity index (χ3v) is 3.35. The first kappa shape index (κ1) is 12.2. The van der Waals surface area contributed by atoms with Gasteiger partial charge in [-0.05, 0) is 23.3 Å². The predicted molar refractivity (Wildman–Crippen MR) is 75.9 cm³/mol. The smallest absolute Gasteiger partial charge is 0.200 e. The highest BCUT2D eigenvalue weighted by Crippen LogP contribution is 2.23. The van der Waals surface area contributed by atoms with E-state index >= 15 is 0 Å². The summed E-state index contributed by atoms with van der Waals surface area (Å²) in [5.74, 6) is 0.412. The molecule has 1 aromatic carbocycles. The van der Waals surface area contributed by atoms with Crippen molar-refractivity contribution in [2.45, 2.75) is 6.42 Å². The maximum Gasteiger partial charge on any atom is 0.200 e. The van der Waals surface area contributed by atoms with E-state index in [-0.39, 0.29) is 0 Å². The number of nitrogen functional groups attached to an aromatic ring is 1. The predicted octanol–water partition coefficient (Wildman–Crippen LogP) is 1.35. The minimum absolute atomic E-state index is 0.412. The van der Waals surface area contributed by atoms with Gasteiger partial charge in [-0.25, -0.2) is 4.98 Å². The van der Waals surface area contributed by atoms with Gasteiger partial charge >= 0.3 is 0 Å². The van der Waals surface area contributed by atoms with Crippen LogP contribution in [-0.2, 0) is 20.5 Å². The molecule has 0 saturated heterocycles. The van der Waals surface area contributed by atoms with E-state index in [4.69, 9.17) is 5.73 Å². The van der Waals surface area contributed by atoms with Gasteiger partial charge in [0.2, 0.25) is 5.95 Å². The Morgan fingerprint density at radius 3 is 2.75 bits per heavy atom. The second-order valence-electron chi connectivity index (χ2n) is 4.85. The lowest BCUT2D eigenvalue weighted by Crippen LogP contribution is -1.97. The van der Waals surface area contributed by atoms with Crippen LogP contribution in [0.15, 0.2) is 24.5 Å². The van der Waals surface area contributed by atoms with Gasteiger partial charge in [0, 0.05) is 26.7 Å². The van der Waals surface area contributed by atoms with Crippen LogP contribution in [0.25, 0.3) is 11.0 Å². The minimum Gasteiger partial charge on any atom is -0.369 e. The van der Waals surface area contributed by atoms with E-state index in [1.54, 1.807) is 9.25 Å². The maximum atomic E-state index is 9.32. The monoisotopic (exact) mass is 266 g/mol. The number of anilines is 1. The van der Waals surface area contributed by atoms with E-state index in [9.17, 15) is 5.26 Å². The Kier molecular flexibility index (Phi) is 2.68. The van der Waals surface area contributed by atoms with Crippen molar-refractivity contribution >= 4 is 17.0 Å². The molecular weight excluding hydrogens is 252 g/mol. The summed E-state index contributed by atoms with van der Waals surface area (Å²) in [5.41, 5.74) is 10.1. The number of aryl methyl sites for hydroxylation is 2. The van der Waals surface area contributed by atoms with Crippen LogP contribution >= 0.6 is 0 Å². The Bertz CT molecular complexity index is 833. The summed E-state index contributed by atoms with van der Waals surface area (Å²) in [5, 5.41) is 13.5. The van der Waals surface area contributed by atoms with Crippen molar-refractivity contribution in [3.05, 3.63) is 41.2 Å². The van der Waals surface area contributed by atoms with Crippen molar-refractivity contribution in [2.24, 2.45) is 14.1 Å². The van der Waals surface area contributed by atoms with Crippen LogP contribution in [0, 0.1) is 11.3 Å². The summed E-state index contributed by atoms with van der Waals surface area (Å²) in [7, 11) is 3.69. The summed E-state index contributed by atoms with van der Waals surface area (Å²) in [6.45, 7) is 0. The minimum atomic E-state index is 0.412. The standard InChI is InChI=1S/C14H14N6/c1-19-8-10(7-17-19)3-9-4-11(6-15)13-12(5-9)18-14(16)20(13)2/h4-5,7-8H,3H2,1-2H3,(H2,16,18). The Morgan fingerprint density at radius 1 is 1.30 bits per heavy atom. The molecule has 0 bridgehead atoms. The topological polar surface area (TPSA) is 85.5 Å². The van der Waals surface area contributed by atoms with E-state index in [0.29, 0.717) is 11.5 Å². The van der Waals surface area contributed by atoms with E-state index in [0.717, 1.165) is 28.6 Å². The van der Waals surface area contributed by atoms with Gasteiger partial charge in [0.05, 0.1) is 22.8 Å². The van der Waals surface area contributed by atoms with E-state index < -0.39 is 0 Å². The van der Waals surface area contributed by atoms with Gasteiger partial charge in [-0.1, -0.05) is 0 Å². The van der Waals surface area contributed by atoms with Crippen molar-refractivity contribution in [1.82, 2.24) is 19.3 Å².